The van der Waals surface area contributed by atoms with E-state index >= 15 is 0 Å². The van der Waals surface area contributed by atoms with Gasteiger partial charge in [0.25, 0.3) is 0 Å². The number of rotatable bonds is 6. The first kappa shape index (κ1) is 18.1. The molecule has 136 valence electrons. The standard InChI is InChI=1S/C21H19N3O3/c1-14(25)27-20-9-5-4-8-18(20)21(24-22)19(26)13-23-17-11-10-15-6-2-3-7-16(15)12-17/h2-12,23H,13,22H2,1H3/b24-21+. The molecule has 0 atom stereocenters. The number of hydrazone groups is 1. The fourth-order valence-corrected chi connectivity index (χ4v) is 2.76. The van der Waals surface area contributed by atoms with Crippen LogP contribution < -0.4 is 15.9 Å². The van der Waals surface area contributed by atoms with Crippen molar-refractivity contribution in [2.45, 2.75) is 6.92 Å². The van der Waals surface area contributed by atoms with Crippen molar-refractivity contribution >= 4 is 33.9 Å². The van der Waals surface area contributed by atoms with Crippen LogP contribution in [-0.2, 0) is 9.59 Å². The lowest BCUT2D eigenvalue weighted by atomic mass is 10.0. The summed E-state index contributed by atoms with van der Waals surface area (Å²) in [6.07, 6.45) is 0. The first-order valence-electron chi connectivity index (χ1n) is 8.40. The molecule has 3 rings (SSSR count). The number of hydrogen-bond donors (Lipinski definition) is 2. The molecule has 6 heteroatoms. The molecule has 3 N–H and O–H groups in total. The lowest BCUT2D eigenvalue weighted by Gasteiger charge is -2.11. The molecule has 27 heavy (non-hydrogen) atoms. The van der Waals surface area contributed by atoms with Crippen LogP contribution in [0.5, 0.6) is 5.75 Å². The van der Waals surface area contributed by atoms with Crippen LogP contribution in [0.3, 0.4) is 0 Å². The summed E-state index contributed by atoms with van der Waals surface area (Å²) in [7, 11) is 0. The Kier molecular flexibility index (Phi) is 5.47. The Labute approximate surface area is 156 Å². The van der Waals surface area contributed by atoms with Crippen LogP contribution in [0.4, 0.5) is 5.69 Å². The van der Waals surface area contributed by atoms with Crippen LogP contribution in [0.2, 0.25) is 0 Å². The molecule has 3 aromatic rings. The Morgan fingerprint density at radius 1 is 1.00 bits per heavy atom. The van der Waals surface area contributed by atoms with Gasteiger partial charge in [-0.25, -0.2) is 0 Å². The van der Waals surface area contributed by atoms with Gasteiger partial charge in [0.05, 0.1) is 6.54 Å². The summed E-state index contributed by atoms with van der Waals surface area (Å²) in [5, 5.41) is 8.90. The van der Waals surface area contributed by atoms with E-state index < -0.39 is 5.97 Å². The molecule has 0 fully saturated rings. The number of hydrogen-bond acceptors (Lipinski definition) is 6. The zero-order chi connectivity index (χ0) is 19.2. The van der Waals surface area contributed by atoms with E-state index in [1.54, 1.807) is 24.3 Å². The molecule has 0 heterocycles. The predicted molar refractivity (Wildman–Crippen MR) is 106 cm³/mol. The first-order chi connectivity index (χ1) is 13.1. The second-order valence-electron chi connectivity index (χ2n) is 5.91. The Morgan fingerprint density at radius 3 is 2.44 bits per heavy atom. The van der Waals surface area contributed by atoms with E-state index in [1.165, 1.54) is 6.92 Å². The van der Waals surface area contributed by atoms with Gasteiger partial charge in [-0.15, -0.1) is 0 Å². The second-order valence-corrected chi connectivity index (χ2v) is 5.91. The van der Waals surface area contributed by atoms with E-state index in [0.717, 1.165) is 16.5 Å². The summed E-state index contributed by atoms with van der Waals surface area (Å²) in [6.45, 7) is 1.29. The van der Waals surface area contributed by atoms with E-state index in [1.807, 2.05) is 42.5 Å². The summed E-state index contributed by atoms with van der Waals surface area (Å²) in [6, 6.07) is 20.5. The number of ether oxygens (including phenoxy) is 1. The summed E-state index contributed by atoms with van der Waals surface area (Å²) < 4.78 is 5.14. The highest BCUT2D eigenvalue weighted by atomic mass is 16.5. The van der Waals surface area contributed by atoms with Crippen LogP contribution >= 0.6 is 0 Å². The fourth-order valence-electron chi connectivity index (χ4n) is 2.76. The van der Waals surface area contributed by atoms with Gasteiger partial charge < -0.3 is 15.9 Å². The number of carbonyl (C=O) groups is 2. The number of esters is 1. The molecular formula is C21H19N3O3. The monoisotopic (exact) mass is 361 g/mol. The maximum Gasteiger partial charge on any atom is 0.308 e. The highest BCUT2D eigenvalue weighted by Gasteiger charge is 2.19. The molecular weight excluding hydrogens is 342 g/mol. The van der Waals surface area contributed by atoms with Gasteiger partial charge in [-0.2, -0.15) is 5.10 Å². The third-order valence-electron chi connectivity index (χ3n) is 3.99. The minimum absolute atomic E-state index is 0.00276. The number of anilines is 1. The topological polar surface area (TPSA) is 93.8 Å². The lowest BCUT2D eigenvalue weighted by Crippen LogP contribution is -2.26. The van der Waals surface area contributed by atoms with Crippen molar-refractivity contribution in [3.63, 3.8) is 0 Å². The van der Waals surface area contributed by atoms with Gasteiger partial charge in [0.1, 0.15) is 11.5 Å². The zero-order valence-corrected chi connectivity index (χ0v) is 14.8. The molecule has 0 amide bonds. The molecule has 0 saturated heterocycles. The average molecular weight is 361 g/mol. The van der Waals surface area contributed by atoms with Crippen molar-refractivity contribution in [2.75, 3.05) is 11.9 Å². The fraction of sp³-hybridized carbons (Fsp3) is 0.0952. The van der Waals surface area contributed by atoms with Crippen LogP contribution in [-0.4, -0.2) is 24.0 Å². The van der Waals surface area contributed by atoms with Gasteiger partial charge in [0, 0.05) is 18.2 Å². The minimum atomic E-state index is -0.486. The van der Waals surface area contributed by atoms with Crippen LogP contribution in [0.25, 0.3) is 10.8 Å². The number of nitrogens with zero attached hydrogens (tertiary/aromatic N) is 1. The van der Waals surface area contributed by atoms with E-state index in [0.29, 0.717) is 5.56 Å². The molecule has 6 nitrogen and oxygen atoms in total. The third kappa shape index (κ3) is 4.30. The normalized spacial score (nSPS) is 11.2. The third-order valence-corrected chi connectivity index (χ3v) is 3.99. The number of para-hydroxylation sites is 1. The maximum atomic E-state index is 12.6. The zero-order valence-electron chi connectivity index (χ0n) is 14.8. The number of benzene rings is 3. The van der Waals surface area contributed by atoms with Crippen molar-refractivity contribution in [2.24, 2.45) is 10.9 Å². The van der Waals surface area contributed by atoms with Gasteiger partial charge in [-0.3, -0.25) is 9.59 Å². The Hall–Kier alpha value is -3.67. The Balaban J connectivity index is 1.77. The number of Topliss-reactive ketones (excluding diaryl/α,β-unsaturated/α-hetero) is 1. The minimum Gasteiger partial charge on any atom is -0.426 e. The van der Waals surface area contributed by atoms with E-state index in [9.17, 15) is 9.59 Å². The van der Waals surface area contributed by atoms with Crippen LogP contribution in [0.1, 0.15) is 12.5 Å². The molecule has 0 bridgehead atoms. The second kappa shape index (κ2) is 8.14. The quantitative estimate of drug-likeness (QED) is 0.231. The molecule has 3 aromatic carbocycles. The number of nitrogens with one attached hydrogen (secondary N) is 1. The molecule has 0 unspecified atom stereocenters. The van der Waals surface area contributed by atoms with E-state index in [-0.39, 0.29) is 23.8 Å². The van der Waals surface area contributed by atoms with Crippen molar-refractivity contribution in [1.82, 2.24) is 0 Å². The lowest BCUT2D eigenvalue weighted by molar-refractivity contribution is -0.131. The van der Waals surface area contributed by atoms with Crippen molar-refractivity contribution < 1.29 is 14.3 Å². The van der Waals surface area contributed by atoms with Crippen molar-refractivity contribution in [1.29, 1.82) is 0 Å². The van der Waals surface area contributed by atoms with Crippen LogP contribution in [0, 0.1) is 0 Å². The smallest absolute Gasteiger partial charge is 0.308 e. The molecule has 0 aliphatic rings. The van der Waals surface area contributed by atoms with Gasteiger partial charge in [-0.1, -0.05) is 42.5 Å². The van der Waals surface area contributed by atoms with Gasteiger partial charge in [-0.05, 0) is 35.0 Å². The van der Waals surface area contributed by atoms with E-state index in [2.05, 4.69) is 10.4 Å². The summed E-state index contributed by atoms with van der Waals surface area (Å²) in [4.78, 5) is 23.9. The molecule has 0 aliphatic carbocycles. The molecule has 0 spiro atoms. The molecule has 0 aromatic heterocycles. The number of nitrogens with two attached hydrogens (primary N) is 1. The highest BCUT2D eigenvalue weighted by Crippen LogP contribution is 2.21. The Morgan fingerprint density at radius 2 is 1.70 bits per heavy atom. The Bertz CT molecular complexity index is 1030. The van der Waals surface area contributed by atoms with E-state index in [4.69, 9.17) is 10.6 Å². The highest BCUT2D eigenvalue weighted by molar-refractivity contribution is 6.47. The van der Waals surface area contributed by atoms with Gasteiger partial charge in [0.15, 0.2) is 0 Å². The summed E-state index contributed by atoms with van der Waals surface area (Å²) in [5.74, 6) is 4.89. The molecule has 0 aliphatic heterocycles. The number of carbonyl (C=O) groups excluding carboxylic acids is 2. The van der Waals surface area contributed by atoms with Crippen LogP contribution in [0.15, 0.2) is 71.8 Å². The average Bonchev–Trinajstić information content (AvgIpc) is 2.67. The van der Waals surface area contributed by atoms with Crippen molar-refractivity contribution in [3.05, 3.63) is 72.3 Å². The molecule has 0 saturated carbocycles. The molecule has 0 radical (unpaired) electrons. The van der Waals surface area contributed by atoms with Gasteiger partial charge in [0.2, 0.25) is 5.78 Å². The largest absolute Gasteiger partial charge is 0.426 e. The SMILES string of the molecule is CC(=O)Oc1ccccc1/C(=N\N)C(=O)CNc1ccc2ccccc2c1. The maximum absolute atomic E-state index is 12.6. The van der Waals surface area contributed by atoms with Gasteiger partial charge >= 0.3 is 5.97 Å². The predicted octanol–water partition coefficient (Wildman–Crippen LogP) is 3.11. The summed E-state index contributed by atoms with van der Waals surface area (Å²) in [5.41, 5.74) is 1.23. The van der Waals surface area contributed by atoms with Crippen molar-refractivity contribution in [3.8, 4) is 5.75 Å². The number of fused-ring (bicyclic) bond motifs is 1. The number of ketones is 1. The summed E-state index contributed by atoms with van der Waals surface area (Å²) >= 11 is 0. The first-order valence-corrected chi connectivity index (χ1v) is 8.40.